The minimum absolute atomic E-state index is 0.0265. The van der Waals surface area contributed by atoms with Crippen LogP contribution in [0, 0.1) is 5.82 Å². The number of pyridine rings is 1. The van der Waals surface area contributed by atoms with Gasteiger partial charge in [0.1, 0.15) is 17.4 Å². The molecule has 0 unspecified atom stereocenters. The molecule has 1 amide bonds. The van der Waals surface area contributed by atoms with Gasteiger partial charge in [0.05, 0.1) is 11.2 Å². The van der Waals surface area contributed by atoms with Gasteiger partial charge in [-0.2, -0.15) is 0 Å². The number of carbonyl (C=O) groups excluding carboxylic acids is 1. The number of hydrogen-bond donors (Lipinski definition) is 4. The Hall–Kier alpha value is -3.43. The third-order valence-electron chi connectivity index (χ3n) is 6.92. The Morgan fingerprint density at radius 1 is 1.11 bits per heavy atom. The number of hydrogen-bond acceptors (Lipinski definition) is 5. The molecule has 1 aliphatic rings. The molecule has 9 nitrogen and oxygen atoms in total. The normalized spacial score (nSPS) is 15.1. The largest absolute Gasteiger partial charge is 0.481 e. The summed E-state index contributed by atoms with van der Waals surface area (Å²) in [5, 5.41) is 23.8. The predicted octanol–water partition coefficient (Wildman–Crippen LogP) is 4.29. The maximum absolute atomic E-state index is 15.1. The fraction of sp³-hybridized carbons (Fsp3) is 0.538. The molecule has 0 radical (unpaired) electrons. The van der Waals surface area contributed by atoms with E-state index in [0.29, 0.717) is 24.0 Å². The number of nitrogens with zero attached hydrogens (tertiary/aromatic N) is 1. The lowest BCUT2D eigenvalue weighted by atomic mass is 9.95. The summed E-state index contributed by atoms with van der Waals surface area (Å²) in [6.45, 7) is 3.93. The zero-order valence-corrected chi connectivity index (χ0v) is 20.7. The zero-order chi connectivity index (χ0) is 26.4. The number of benzene rings is 1. The summed E-state index contributed by atoms with van der Waals surface area (Å²) in [5.74, 6) is -4.14. The van der Waals surface area contributed by atoms with Crippen molar-refractivity contribution < 1.29 is 29.0 Å². The first kappa shape index (κ1) is 27.2. The number of rotatable bonds is 11. The molecule has 10 heteroatoms. The molecule has 0 bridgehead atoms. The smallest absolute Gasteiger partial charge is 0.326 e. The van der Waals surface area contributed by atoms with Crippen LogP contribution in [-0.2, 0) is 9.59 Å². The number of carboxylic acids is 2. The molecule has 196 valence electrons. The lowest BCUT2D eigenvalue weighted by molar-refractivity contribution is -0.140. The second-order valence-electron chi connectivity index (χ2n) is 9.37. The average Bonchev–Trinajstić information content (AvgIpc) is 2.84. The Balaban J connectivity index is 2.06. The van der Waals surface area contributed by atoms with Gasteiger partial charge in [-0.15, -0.1) is 0 Å². The van der Waals surface area contributed by atoms with Crippen molar-refractivity contribution in [1.29, 1.82) is 0 Å². The van der Waals surface area contributed by atoms with E-state index in [1.807, 2.05) is 13.8 Å². The number of fused-ring (bicyclic) bond motifs is 1. The Morgan fingerprint density at radius 3 is 2.36 bits per heavy atom. The van der Waals surface area contributed by atoms with E-state index in [9.17, 15) is 24.3 Å². The summed E-state index contributed by atoms with van der Waals surface area (Å²) in [6, 6.07) is 1.34. The molecule has 1 atom stereocenters. The molecule has 4 N–H and O–H groups in total. The topological polar surface area (TPSA) is 138 Å². The van der Waals surface area contributed by atoms with E-state index >= 15 is 4.39 Å². The first-order valence-corrected chi connectivity index (χ1v) is 12.6. The van der Waals surface area contributed by atoms with Gasteiger partial charge in [-0.05, 0) is 44.2 Å². The molecular formula is C26H34FN3O6. The van der Waals surface area contributed by atoms with Gasteiger partial charge < -0.3 is 25.4 Å². The summed E-state index contributed by atoms with van der Waals surface area (Å²) in [6.07, 6.45) is 7.19. The Morgan fingerprint density at radius 2 is 1.78 bits per heavy atom. The van der Waals surface area contributed by atoms with Gasteiger partial charge in [-0.25, -0.2) is 9.18 Å². The van der Waals surface area contributed by atoms with E-state index in [0.717, 1.165) is 38.2 Å². The molecule has 0 saturated heterocycles. The number of amides is 1. The summed E-state index contributed by atoms with van der Waals surface area (Å²) < 4.78 is 16.9. The van der Waals surface area contributed by atoms with E-state index in [1.165, 1.54) is 6.20 Å². The van der Waals surface area contributed by atoms with E-state index in [-0.39, 0.29) is 29.5 Å². The van der Waals surface area contributed by atoms with Crippen LogP contribution in [-0.4, -0.2) is 44.7 Å². The van der Waals surface area contributed by atoms with Crippen molar-refractivity contribution in [2.45, 2.75) is 89.8 Å². The number of anilines is 1. The molecule has 1 saturated carbocycles. The van der Waals surface area contributed by atoms with Crippen molar-refractivity contribution in [1.82, 2.24) is 9.88 Å². The maximum Gasteiger partial charge on any atom is 0.326 e. The molecule has 2 aromatic rings. The van der Waals surface area contributed by atoms with Crippen LogP contribution in [0.3, 0.4) is 0 Å². The fourth-order valence-corrected chi connectivity index (χ4v) is 4.85. The van der Waals surface area contributed by atoms with Gasteiger partial charge in [0, 0.05) is 30.1 Å². The molecule has 1 heterocycles. The molecule has 1 fully saturated rings. The van der Waals surface area contributed by atoms with Crippen molar-refractivity contribution in [2.24, 2.45) is 0 Å². The van der Waals surface area contributed by atoms with Crippen LogP contribution >= 0.6 is 0 Å². The van der Waals surface area contributed by atoms with Crippen molar-refractivity contribution in [3.8, 4) is 0 Å². The number of nitrogens with one attached hydrogen (secondary N) is 2. The quantitative estimate of drug-likeness (QED) is 0.359. The molecule has 0 aliphatic heterocycles. The van der Waals surface area contributed by atoms with Crippen LogP contribution in [0.4, 0.5) is 10.1 Å². The van der Waals surface area contributed by atoms with Crippen LogP contribution in [0.5, 0.6) is 0 Å². The van der Waals surface area contributed by atoms with E-state index in [4.69, 9.17) is 5.11 Å². The maximum atomic E-state index is 15.1. The van der Waals surface area contributed by atoms with Crippen LogP contribution < -0.4 is 16.1 Å². The molecule has 1 aromatic carbocycles. The van der Waals surface area contributed by atoms with Gasteiger partial charge >= 0.3 is 11.9 Å². The van der Waals surface area contributed by atoms with Crippen LogP contribution in [0.15, 0.2) is 23.1 Å². The lowest BCUT2D eigenvalue weighted by Crippen LogP contribution is -2.42. The first-order valence-electron chi connectivity index (χ1n) is 12.6. The van der Waals surface area contributed by atoms with Crippen molar-refractivity contribution >= 4 is 34.4 Å². The Bertz CT molecular complexity index is 1180. The highest BCUT2D eigenvalue weighted by molar-refractivity contribution is 5.99. The monoisotopic (exact) mass is 503 g/mol. The van der Waals surface area contributed by atoms with Gasteiger partial charge in [0.25, 0.3) is 5.91 Å². The van der Waals surface area contributed by atoms with Gasteiger partial charge in [0.15, 0.2) is 0 Å². The highest BCUT2D eigenvalue weighted by Crippen LogP contribution is 2.29. The lowest BCUT2D eigenvalue weighted by Gasteiger charge is -2.26. The highest BCUT2D eigenvalue weighted by Gasteiger charge is 2.26. The van der Waals surface area contributed by atoms with Crippen molar-refractivity contribution in [2.75, 3.05) is 5.32 Å². The number of aromatic nitrogens is 1. The molecule has 1 aromatic heterocycles. The van der Waals surface area contributed by atoms with E-state index in [2.05, 4.69) is 10.6 Å². The minimum Gasteiger partial charge on any atom is -0.481 e. The zero-order valence-electron chi connectivity index (χ0n) is 20.7. The highest BCUT2D eigenvalue weighted by atomic mass is 19.1. The molecule has 36 heavy (non-hydrogen) atoms. The Kier molecular flexibility index (Phi) is 9.06. The number of carbonyl (C=O) groups is 3. The second kappa shape index (κ2) is 12.0. The van der Waals surface area contributed by atoms with Crippen molar-refractivity contribution in [3.63, 3.8) is 0 Å². The van der Waals surface area contributed by atoms with Crippen LogP contribution in [0.25, 0.3) is 10.9 Å². The Labute approximate surface area is 208 Å². The molecular weight excluding hydrogens is 469 g/mol. The minimum atomic E-state index is -1.48. The van der Waals surface area contributed by atoms with Crippen LogP contribution in [0.1, 0.15) is 88.0 Å². The molecule has 0 spiro atoms. The molecule has 3 rings (SSSR count). The van der Waals surface area contributed by atoms with Gasteiger partial charge in [0.2, 0.25) is 5.43 Å². The summed E-state index contributed by atoms with van der Waals surface area (Å²) >= 11 is 0. The standard InChI is InChI=1S/C26H34FN3O6/c1-3-16(4-2)30-14-18(25(34)29-20(26(35)36)10-11-23(31)32)24(33)17-12-19(27)21(13-22(17)30)28-15-8-6-5-7-9-15/h12-16,20,28H,3-11H2,1-2H3,(H,29,34)(H,31,32)(H,35,36)/t20-/m0/s1. The van der Waals surface area contributed by atoms with Crippen LogP contribution in [0.2, 0.25) is 0 Å². The summed E-state index contributed by atoms with van der Waals surface area (Å²) in [5.41, 5.74) is -0.227. The number of halogens is 1. The van der Waals surface area contributed by atoms with Gasteiger partial charge in [-0.1, -0.05) is 33.1 Å². The molecule has 1 aliphatic carbocycles. The van der Waals surface area contributed by atoms with Crippen molar-refractivity contribution in [3.05, 3.63) is 39.9 Å². The number of carboxylic acid groups (broad SMARTS) is 2. The van der Waals surface area contributed by atoms with E-state index < -0.39 is 41.6 Å². The second-order valence-corrected chi connectivity index (χ2v) is 9.37. The third-order valence-corrected chi connectivity index (χ3v) is 6.92. The van der Waals surface area contributed by atoms with Gasteiger partial charge in [-0.3, -0.25) is 14.4 Å². The SMILES string of the molecule is CCC(CC)n1cc(C(=O)N[C@@H](CCC(=O)O)C(=O)O)c(=O)c2cc(F)c(NC3CCCCC3)cc21. The number of aliphatic carboxylic acids is 2. The van der Waals surface area contributed by atoms with E-state index in [1.54, 1.807) is 10.6 Å². The summed E-state index contributed by atoms with van der Waals surface area (Å²) in [7, 11) is 0. The average molecular weight is 504 g/mol. The third kappa shape index (κ3) is 6.22. The fourth-order valence-electron chi connectivity index (χ4n) is 4.85. The summed E-state index contributed by atoms with van der Waals surface area (Å²) in [4.78, 5) is 48.7. The predicted molar refractivity (Wildman–Crippen MR) is 134 cm³/mol. The first-order chi connectivity index (χ1) is 17.2.